The van der Waals surface area contributed by atoms with Crippen molar-refractivity contribution in [2.75, 3.05) is 25.6 Å². The number of ether oxygens (including phenoxy) is 1. The van der Waals surface area contributed by atoms with Crippen LogP contribution in [0, 0.1) is 11.6 Å². The van der Waals surface area contributed by atoms with Gasteiger partial charge in [0.25, 0.3) is 0 Å². The van der Waals surface area contributed by atoms with Crippen LogP contribution < -0.4 is 10.1 Å². The van der Waals surface area contributed by atoms with Crippen LogP contribution in [0.2, 0.25) is 0 Å². The SMILES string of the molecule is COc1cc(NCC(O)CO)c(F)cc1F. The summed E-state index contributed by atoms with van der Waals surface area (Å²) in [5.41, 5.74) is 0.00532. The van der Waals surface area contributed by atoms with E-state index in [2.05, 4.69) is 10.1 Å². The van der Waals surface area contributed by atoms with Crippen molar-refractivity contribution in [1.29, 1.82) is 0 Å². The lowest BCUT2D eigenvalue weighted by Crippen LogP contribution is -2.23. The number of benzene rings is 1. The Morgan fingerprint density at radius 3 is 2.62 bits per heavy atom. The van der Waals surface area contributed by atoms with E-state index in [4.69, 9.17) is 10.2 Å². The van der Waals surface area contributed by atoms with Crippen LogP contribution in [0.3, 0.4) is 0 Å². The summed E-state index contributed by atoms with van der Waals surface area (Å²) in [5.74, 6) is -1.68. The van der Waals surface area contributed by atoms with E-state index in [0.717, 1.165) is 6.07 Å². The lowest BCUT2D eigenvalue weighted by Gasteiger charge is -2.12. The molecule has 4 nitrogen and oxygen atoms in total. The number of nitrogens with one attached hydrogen (secondary N) is 1. The summed E-state index contributed by atoms with van der Waals surface area (Å²) in [5, 5.41) is 20.1. The van der Waals surface area contributed by atoms with E-state index in [9.17, 15) is 8.78 Å². The van der Waals surface area contributed by atoms with E-state index in [1.54, 1.807) is 0 Å². The number of aliphatic hydroxyl groups is 2. The summed E-state index contributed by atoms with van der Waals surface area (Å²) in [7, 11) is 1.27. The molecule has 0 bridgehead atoms. The third-order valence-corrected chi connectivity index (χ3v) is 1.98. The first-order chi connectivity index (χ1) is 7.58. The largest absolute Gasteiger partial charge is 0.494 e. The maximum Gasteiger partial charge on any atom is 0.168 e. The highest BCUT2D eigenvalue weighted by molar-refractivity contribution is 5.50. The molecule has 0 fully saturated rings. The fourth-order valence-electron chi connectivity index (χ4n) is 1.11. The van der Waals surface area contributed by atoms with Crippen LogP contribution in [0.5, 0.6) is 5.75 Å². The molecule has 0 aliphatic carbocycles. The number of hydrogen-bond donors (Lipinski definition) is 3. The van der Waals surface area contributed by atoms with Crippen LogP contribution in [-0.4, -0.2) is 36.6 Å². The third-order valence-electron chi connectivity index (χ3n) is 1.98. The monoisotopic (exact) mass is 233 g/mol. The Morgan fingerprint density at radius 2 is 2.06 bits per heavy atom. The highest BCUT2D eigenvalue weighted by Crippen LogP contribution is 2.24. The summed E-state index contributed by atoms with van der Waals surface area (Å²) in [4.78, 5) is 0. The molecule has 0 radical (unpaired) electrons. The van der Waals surface area contributed by atoms with Crippen molar-refractivity contribution in [2.24, 2.45) is 0 Å². The first kappa shape index (κ1) is 12.7. The average Bonchev–Trinajstić information content (AvgIpc) is 2.27. The fraction of sp³-hybridized carbons (Fsp3) is 0.400. The maximum absolute atomic E-state index is 13.2. The number of aliphatic hydroxyl groups excluding tert-OH is 2. The molecular formula is C10H13F2NO3. The molecule has 16 heavy (non-hydrogen) atoms. The second kappa shape index (κ2) is 5.62. The highest BCUT2D eigenvalue weighted by Gasteiger charge is 2.11. The van der Waals surface area contributed by atoms with Crippen molar-refractivity contribution in [1.82, 2.24) is 0 Å². The van der Waals surface area contributed by atoms with Crippen LogP contribution in [-0.2, 0) is 0 Å². The zero-order valence-electron chi connectivity index (χ0n) is 8.70. The molecule has 1 aromatic rings. The highest BCUT2D eigenvalue weighted by atomic mass is 19.1. The van der Waals surface area contributed by atoms with E-state index in [1.165, 1.54) is 7.11 Å². The van der Waals surface area contributed by atoms with E-state index >= 15 is 0 Å². The maximum atomic E-state index is 13.2. The molecular weight excluding hydrogens is 220 g/mol. The number of anilines is 1. The molecule has 0 aliphatic heterocycles. The Bertz CT molecular complexity index is 360. The Morgan fingerprint density at radius 1 is 1.38 bits per heavy atom. The molecule has 90 valence electrons. The molecule has 6 heteroatoms. The summed E-state index contributed by atoms with van der Waals surface area (Å²) >= 11 is 0. The van der Waals surface area contributed by atoms with E-state index in [1.807, 2.05) is 0 Å². The van der Waals surface area contributed by atoms with Gasteiger partial charge in [-0.05, 0) is 0 Å². The predicted molar refractivity (Wildman–Crippen MR) is 54.5 cm³/mol. The minimum Gasteiger partial charge on any atom is -0.494 e. The number of halogens is 2. The molecule has 0 saturated carbocycles. The molecule has 0 spiro atoms. The zero-order valence-corrected chi connectivity index (χ0v) is 8.70. The molecule has 0 saturated heterocycles. The van der Waals surface area contributed by atoms with Gasteiger partial charge >= 0.3 is 0 Å². The average molecular weight is 233 g/mol. The molecule has 1 aromatic carbocycles. The second-order valence-electron chi connectivity index (χ2n) is 3.18. The zero-order chi connectivity index (χ0) is 12.1. The number of rotatable bonds is 5. The summed E-state index contributed by atoms with van der Waals surface area (Å²) < 4.78 is 30.9. The minimum atomic E-state index is -1.00. The van der Waals surface area contributed by atoms with Gasteiger partial charge in [-0.2, -0.15) is 0 Å². The second-order valence-corrected chi connectivity index (χ2v) is 3.18. The molecule has 0 amide bonds. The quantitative estimate of drug-likeness (QED) is 0.702. The molecule has 0 heterocycles. The topological polar surface area (TPSA) is 61.7 Å². The Balaban J connectivity index is 2.79. The van der Waals surface area contributed by atoms with E-state index in [0.29, 0.717) is 6.07 Å². The van der Waals surface area contributed by atoms with E-state index in [-0.39, 0.29) is 18.0 Å². The van der Waals surface area contributed by atoms with Crippen molar-refractivity contribution < 1.29 is 23.7 Å². The fourth-order valence-corrected chi connectivity index (χ4v) is 1.11. The molecule has 1 rings (SSSR count). The molecule has 1 atom stereocenters. The molecule has 0 aromatic heterocycles. The normalized spacial score (nSPS) is 12.3. The minimum absolute atomic E-state index is 0.00532. The van der Waals surface area contributed by atoms with Crippen LogP contribution in [0.1, 0.15) is 0 Å². The Kier molecular flexibility index (Phi) is 4.45. The van der Waals surface area contributed by atoms with Gasteiger partial charge in [-0.15, -0.1) is 0 Å². The van der Waals surface area contributed by atoms with Crippen LogP contribution >= 0.6 is 0 Å². The first-order valence-corrected chi connectivity index (χ1v) is 4.64. The van der Waals surface area contributed by atoms with Gasteiger partial charge in [0.1, 0.15) is 5.82 Å². The van der Waals surface area contributed by atoms with Crippen molar-refractivity contribution in [2.45, 2.75) is 6.10 Å². The first-order valence-electron chi connectivity index (χ1n) is 4.64. The van der Waals surface area contributed by atoms with Gasteiger partial charge in [0.15, 0.2) is 11.6 Å². The number of methoxy groups -OCH3 is 1. The lowest BCUT2D eigenvalue weighted by molar-refractivity contribution is 0.105. The summed E-state index contributed by atoms with van der Waals surface area (Å²) in [6, 6.07) is 1.83. The van der Waals surface area contributed by atoms with Crippen LogP contribution in [0.25, 0.3) is 0 Å². The summed E-state index contributed by atoms with van der Waals surface area (Å²) in [6.45, 7) is -0.477. The van der Waals surface area contributed by atoms with E-state index < -0.39 is 24.3 Å². The van der Waals surface area contributed by atoms with Gasteiger partial charge in [0, 0.05) is 18.7 Å². The molecule has 0 aliphatic rings. The van der Waals surface area contributed by atoms with Crippen molar-refractivity contribution >= 4 is 5.69 Å². The van der Waals surface area contributed by atoms with Crippen molar-refractivity contribution in [3.05, 3.63) is 23.8 Å². The van der Waals surface area contributed by atoms with Gasteiger partial charge in [0.05, 0.1) is 25.5 Å². The smallest absolute Gasteiger partial charge is 0.168 e. The van der Waals surface area contributed by atoms with Gasteiger partial charge in [0.2, 0.25) is 0 Å². The summed E-state index contributed by atoms with van der Waals surface area (Å²) in [6.07, 6.45) is -1.00. The van der Waals surface area contributed by atoms with Gasteiger partial charge in [-0.3, -0.25) is 0 Å². The Labute approximate surface area is 91.5 Å². The standard InChI is InChI=1S/C10H13F2NO3/c1-16-10-3-9(7(11)2-8(10)12)13-4-6(15)5-14/h2-3,6,13-15H,4-5H2,1H3. The van der Waals surface area contributed by atoms with Crippen molar-refractivity contribution in [3.63, 3.8) is 0 Å². The van der Waals surface area contributed by atoms with Crippen LogP contribution in [0.15, 0.2) is 12.1 Å². The van der Waals surface area contributed by atoms with Crippen molar-refractivity contribution in [3.8, 4) is 5.75 Å². The third kappa shape index (κ3) is 3.04. The van der Waals surface area contributed by atoms with Crippen LogP contribution in [0.4, 0.5) is 14.5 Å². The molecule has 3 N–H and O–H groups in total. The van der Waals surface area contributed by atoms with Gasteiger partial charge < -0.3 is 20.3 Å². The lowest BCUT2D eigenvalue weighted by atomic mass is 10.2. The predicted octanol–water partition coefficient (Wildman–Crippen LogP) is 0.738. The van der Waals surface area contributed by atoms with Gasteiger partial charge in [-0.25, -0.2) is 8.78 Å². The molecule has 1 unspecified atom stereocenters. The van der Waals surface area contributed by atoms with Gasteiger partial charge in [-0.1, -0.05) is 0 Å². The number of hydrogen-bond acceptors (Lipinski definition) is 4. The Hall–Kier alpha value is -1.40.